The number of nitrogens with zero attached hydrogens (tertiary/aromatic N) is 1. The molecule has 0 heterocycles. The van der Waals surface area contributed by atoms with Gasteiger partial charge in [-0.15, -0.1) is 0 Å². The molecule has 0 aromatic heterocycles. The fourth-order valence-corrected chi connectivity index (χ4v) is 1.17. The van der Waals surface area contributed by atoms with Gasteiger partial charge in [0.1, 0.15) is 0 Å². The summed E-state index contributed by atoms with van der Waals surface area (Å²) in [4.78, 5) is 4.15. The van der Waals surface area contributed by atoms with Crippen molar-refractivity contribution in [2.75, 3.05) is 0 Å². The molecule has 0 atom stereocenters. The first-order valence-electron chi connectivity index (χ1n) is 5.82. The van der Waals surface area contributed by atoms with Crippen LogP contribution in [0.1, 0.15) is 20.3 Å². The molecular weight excluding hydrogens is 251 g/mol. The van der Waals surface area contributed by atoms with Gasteiger partial charge in [0.15, 0.2) is 0 Å². The second kappa shape index (κ2) is 9.14. The topological polar surface area (TPSA) is 12.4 Å². The maximum atomic E-state index is 12.0. The number of hydrogen-bond donors (Lipinski definition) is 0. The lowest BCUT2D eigenvalue weighted by Gasteiger charge is -2.01. The first-order valence-corrected chi connectivity index (χ1v) is 5.82. The van der Waals surface area contributed by atoms with Crippen molar-refractivity contribution in [3.8, 4) is 0 Å². The van der Waals surface area contributed by atoms with E-state index in [1.54, 1.807) is 37.4 Å². The van der Waals surface area contributed by atoms with Gasteiger partial charge in [-0.3, -0.25) is 4.99 Å². The van der Waals surface area contributed by atoms with E-state index >= 15 is 0 Å². The number of alkyl halides is 3. The second-order valence-electron chi connectivity index (χ2n) is 3.54. The normalized spacial score (nSPS) is 15.0. The maximum absolute atomic E-state index is 12.0. The molecule has 0 aliphatic carbocycles. The van der Waals surface area contributed by atoms with Crippen molar-refractivity contribution >= 4 is 6.21 Å². The highest BCUT2D eigenvalue weighted by Crippen LogP contribution is 2.20. The molecule has 0 fully saturated rings. The predicted molar refractivity (Wildman–Crippen MR) is 75.2 cm³/mol. The van der Waals surface area contributed by atoms with Crippen molar-refractivity contribution in [2.24, 2.45) is 4.99 Å². The highest BCUT2D eigenvalue weighted by Gasteiger charge is 2.24. The van der Waals surface area contributed by atoms with Crippen molar-refractivity contribution in [3.63, 3.8) is 0 Å². The van der Waals surface area contributed by atoms with Crippen LogP contribution in [0.3, 0.4) is 0 Å². The van der Waals surface area contributed by atoms with Crippen LogP contribution in [0.15, 0.2) is 65.4 Å². The quantitative estimate of drug-likeness (QED) is 0.466. The Hall–Kier alpha value is -1.84. The highest BCUT2D eigenvalue weighted by molar-refractivity contribution is 5.58. The first kappa shape index (κ1) is 17.2. The third-order valence-electron chi connectivity index (χ3n) is 1.99. The number of hydrogen-bond acceptors (Lipinski definition) is 1. The van der Waals surface area contributed by atoms with Crippen molar-refractivity contribution in [1.82, 2.24) is 0 Å². The molecule has 0 amide bonds. The van der Waals surface area contributed by atoms with Gasteiger partial charge < -0.3 is 0 Å². The number of rotatable bonds is 6. The lowest BCUT2D eigenvalue weighted by atomic mass is 10.1. The Bertz CT molecular complexity index is 421. The van der Waals surface area contributed by atoms with Crippen LogP contribution in [0, 0.1) is 0 Å². The Morgan fingerprint density at radius 2 is 1.84 bits per heavy atom. The molecule has 0 aliphatic heterocycles. The zero-order valence-corrected chi connectivity index (χ0v) is 11.1. The average Bonchev–Trinajstić information content (AvgIpc) is 2.34. The van der Waals surface area contributed by atoms with Gasteiger partial charge in [-0.25, -0.2) is 0 Å². The van der Waals surface area contributed by atoms with Crippen molar-refractivity contribution in [3.05, 3.63) is 60.4 Å². The van der Waals surface area contributed by atoms with E-state index in [-0.39, 0.29) is 0 Å². The van der Waals surface area contributed by atoms with Crippen LogP contribution < -0.4 is 0 Å². The molecule has 0 rings (SSSR count). The Kier molecular flexibility index (Phi) is 8.25. The third kappa shape index (κ3) is 8.83. The summed E-state index contributed by atoms with van der Waals surface area (Å²) in [5.41, 5.74) is 1.31. The van der Waals surface area contributed by atoms with Crippen LogP contribution in [0.4, 0.5) is 13.2 Å². The minimum atomic E-state index is -4.18. The largest absolute Gasteiger partial charge is 0.392 e. The molecule has 19 heavy (non-hydrogen) atoms. The molecule has 0 N–H and O–H groups in total. The van der Waals surface area contributed by atoms with Gasteiger partial charge in [-0.1, -0.05) is 43.0 Å². The third-order valence-corrected chi connectivity index (χ3v) is 1.99. The zero-order valence-electron chi connectivity index (χ0n) is 11.1. The molecule has 0 radical (unpaired) electrons. The van der Waals surface area contributed by atoms with Crippen LogP contribution in [-0.4, -0.2) is 12.4 Å². The Morgan fingerprint density at radius 3 is 2.32 bits per heavy atom. The van der Waals surface area contributed by atoms with Crippen LogP contribution in [0.2, 0.25) is 0 Å². The summed E-state index contributed by atoms with van der Waals surface area (Å²) in [6.45, 7) is 7.27. The van der Waals surface area contributed by atoms with E-state index in [1.807, 2.05) is 13.0 Å². The highest BCUT2D eigenvalue weighted by atomic mass is 19.4. The summed E-state index contributed by atoms with van der Waals surface area (Å²) in [7, 11) is 0. The lowest BCUT2D eigenvalue weighted by molar-refractivity contribution is -0.125. The van der Waals surface area contributed by atoms with Crippen molar-refractivity contribution < 1.29 is 13.2 Å². The fourth-order valence-electron chi connectivity index (χ4n) is 1.17. The minimum Gasteiger partial charge on any atom is -0.261 e. The zero-order chi connectivity index (χ0) is 14.7. The minimum absolute atomic E-state index is 0.646. The number of aliphatic imine (C=N–C) groups is 1. The fraction of sp³-hybridized carbons (Fsp3) is 0.267. The summed E-state index contributed by atoms with van der Waals surface area (Å²) >= 11 is 0. The lowest BCUT2D eigenvalue weighted by Crippen LogP contribution is -2.03. The molecule has 0 aliphatic rings. The Morgan fingerprint density at radius 1 is 1.16 bits per heavy atom. The van der Waals surface area contributed by atoms with E-state index in [4.69, 9.17) is 0 Å². The number of allylic oxidation sites excluding steroid dienone is 7. The van der Waals surface area contributed by atoms with Gasteiger partial charge in [0, 0.05) is 6.21 Å². The predicted octanol–water partition coefficient (Wildman–Crippen LogP) is 5.16. The maximum Gasteiger partial charge on any atom is 0.392 e. The van der Waals surface area contributed by atoms with Gasteiger partial charge in [0.2, 0.25) is 0 Å². The van der Waals surface area contributed by atoms with Gasteiger partial charge >= 0.3 is 6.18 Å². The van der Waals surface area contributed by atoms with Crippen LogP contribution in [0.25, 0.3) is 0 Å². The summed E-state index contributed by atoms with van der Waals surface area (Å²) in [6, 6.07) is 0. The molecule has 0 saturated heterocycles. The summed E-state index contributed by atoms with van der Waals surface area (Å²) in [5, 5.41) is 0. The van der Waals surface area contributed by atoms with E-state index in [1.165, 1.54) is 6.08 Å². The standard InChI is InChI=1S/C15H18F3N/c1-4-7-11-14(19-6-3)13(5-2)10-8-9-12-15(16,17)18/h4-11H,2,12H2,1,3H3/b7-4-,9-8-,13-10+,14-11-,19-6-. The molecule has 0 saturated carbocycles. The molecular formula is C15H18F3N. The number of halogens is 3. The monoisotopic (exact) mass is 269 g/mol. The summed E-state index contributed by atoms with van der Waals surface area (Å²) in [5.74, 6) is 0. The van der Waals surface area contributed by atoms with Gasteiger partial charge in [-0.2, -0.15) is 13.2 Å². The second-order valence-corrected chi connectivity index (χ2v) is 3.54. The summed E-state index contributed by atoms with van der Waals surface area (Å²) in [6.07, 6.45) is 7.44. The molecule has 104 valence electrons. The molecule has 0 aromatic carbocycles. The summed E-state index contributed by atoms with van der Waals surface area (Å²) < 4.78 is 35.9. The Labute approximate surface area is 112 Å². The van der Waals surface area contributed by atoms with Gasteiger partial charge in [-0.05, 0) is 25.5 Å². The van der Waals surface area contributed by atoms with Crippen molar-refractivity contribution in [1.29, 1.82) is 0 Å². The molecule has 0 spiro atoms. The van der Waals surface area contributed by atoms with E-state index in [0.717, 1.165) is 6.08 Å². The van der Waals surface area contributed by atoms with E-state index in [0.29, 0.717) is 11.3 Å². The van der Waals surface area contributed by atoms with E-state index in [2.05, 4.69) is 11.6 Å². The smallest absolute Gasteiger partial charge is 0.261 e. The molecule has 0 unspecified atom stereocenters. The van der Waals surface area contributed by atoms with Crippen LogP contribution >= 0.6 is 0 Å². The molecule has 0 bridgehead atoms. The van der Waals surface area contributed by atoms with Gasteiger partial charge in [0.25, 0.3) is 0 Å². The van der Waals surface area contributed by atoms with Crippen molar-refractivity contribution in [2.45, 2.75) is 26.4 Å². The SMILES string of the molecule is C=CC(=C\C=C/CC(F)(F)F)/C(=C/C=C\C)/N=C\C. The first-order chi connectivity index (χ1) is 8.94. The molecule has 0 aromatic rings. The van der Waals surface area contributed by atoms with E-state index < -0.39 is 12.6 Å². The molecule has 4 heteroatoms. The van der Waals surface area contributed by atoms with E-state index in [9.17, 15) is 13.2 Å². The van der Waals surface area contributed by atoms with Gasteiger partial charge in [0.05, 0.1) is 12.1 Å². The molecule has 1 nitrogen and oxygen atoms in total. The van der Waals surface area contributed by atoms with Crippen LogP contribution in [-0.2, 0) is 0 Å². The Balaban J connectivity index is 5.01. The average molecular weight is 269 g/mol. The van der Waals surface area contributed by atoms with Crippen LogP contribution in [0.5, 0.6) is 0 Å².